The molecule has 0 N–H and O–H groups in total. The van der Waals surface area contributed by atoms with Crippen LogP contribution in [0, 0.1) is 3.80 Å². The van der Waals surface area contributed by atoms with Crippen LogP contribution >= 0.6 is 61.7 Å². The molecule has 0 bridgehead atoms. The summed E-state index contributed by atoms with van der Waals surface area (Å²) in [6, 6.07) is 8.36. The van der Waals surface area contributed by atoms with E-state index >= 15 is 0 Å². The third kappa shape index (κ3) is 7.28. The maximum absolute atomic E-state index is 3.39. The molecule has 0 fully saturated rings. The zero-order valence-corrected chi connectivity index (χ0v) is 21.1. The SMILES string of the molecule is Brc1ccc(CN(I)I)cc1.Cn1ccn(C(C)(C)C)[c]1=[Pt]. The maximum atomic E-state index is 3.39. The fraction of sp³-hybridized carbons (Fsp3) is 0.400. The summed E-state index contributed by atoms with van der Waals surface area (Å²) in [5, 5.41) is 0. The van der Waals surface area contributed by atoms with Crippen LogP contribution in [0.25, 0.3) is 0 Å². The van der Waals surface area contributed by atoms with Crippen LogP contribution in [0.1, 0.15) is 26.3 Å². The van der Waals surface area contributed by atoms with E-state index in [2.05, 4.69) is 156 Å². The van der Waals surface area contributed by atoms with Crippen LogP contribution in [-0.4, -0.2) is 10.5 Å². The van der Waals surface area contributed by atoms with Gasteiger partial charge in [0.2, 0.25) is 0 Å². The van der Waals surface area contributed by atoms with Crippen molar-refractivity contribution in [3.8, 4) is 0 Å². The van der Waals surface area contributed by atoms with E-state index in [0.29, 0.717) is 0 Å². The number of nitrogens with zero attached hydrogens (tertiary/aromatic N) is 3. The van der Waals surface area contributed by atoms with Gasteiger partial charge in [-0.05, 0) is 17.7 Å². The Morgan fingerprint density at radius 2 is 1.68 bits per heavy atom. The molecule has 2 rings (SSSR count). The molecule has 0 radical (unpaired) electrons. The van der Waals surface area contributed by atoms with Crippen LogP contribution < -0.4 is 0 Å². The topological polar surface area (TPSA) is 13.1 Å². The van der Waals surface area contributed by atoms with Crippen molar-refractivity contribution < 1.29 is 19.4 Å². The van der Waals surface area contributed by atoms with Gasteiger partial charge < -0.3 is 0 Å². The average Bonchev–Trinajstić information content (AvgIpc) is 2.73. The van der Waals surface area contributed by atoms with E-state index in [-0.39, 0.29) is 5.54 Å². The van der Waals surface area contributed by atoms with Gasteiger partial charge in [0, 0.05) is 56.7 Å². The average molecular weight is 771 g/mol. The van der Waals surface area contributed by atoms with Crippen molar-refractivity contribution in [3.63, 3.8) is 0 Å². The second-order valence-corrected chi connectivity index (χ2v) is 11.9. The van der Waals surface area contributed by atoms with Crippen molar-refractivity contribution in [3.05, 3.63) is 50.5 Å². The first-order valence-corrected chi connectivity index (χ1v) is 10.5. The van der Waals surface area contributed by atoms with Crippen LogP contribution in [0.4, 0.5) is 0 Å². The predicted molar refractivity (Wildman–Crippen MR) is 109 cm³/mol. The van der Waals surface area contributed by atoms with E-state index in [1.807, 2.05) is 0 Å². The minimum absolute atomic E-state index is 0.193. The van der Waals surface area contributed by atoms with E-state index in [0.717, 1.165) is 11.0 Å². The number of hydrogen-bond donors (Lipinski definition) is 0. The number of rotatable bonds is 2. The van der Waals surface area contributed by atoms with E-state index in [9.17, 15) is 0 Å². The molecule has 0 saturated heterocycles. The molecule has 0 aliphatic heterocycles. The molecule has 22 heavy (non-hydrogen) atoms. The monoisotopic (exact) mass is 770 g/mol. The van der Waals surface area contributed by atoms with Gasteiger partial charge in [0.05, 0.1) is 0 Å². The van der Waals surface area contributed by atoms with Crippen molar-refractivity contribution in [2.45, 2.75) is 32.9 Å². The Morgan fingerprint density at radius 3 is 2.00 bits per heavy atom. The van der Waals surface area contributed by atoms with Crippen molar-refractivity contribution in [2.75, 3.05) is 0 Å². The van der Waals surface area contributed by atoms with E-state index in [1.54, 1.807) is 0 Å². The van der Waals surface area contributed by atoms with Gasteiger partial charge >= 0.3 is 78.0 Å². The molecule has 0 saturated carbocycles. The van der Waals surface area contributed by atoms with Crippen molar-refractivity contribution >= 4 is 61.7 Å². The van der Waals surface area contributed by atoms with Crippen LogP contribution in [0.3, 0.4) is 0 Å². The Bertz CT molecular complexity index is 642. The van der Waals surface area contributed by atoms with Gasteiger partial charge in [0.25, 0.3) is 0 Å². The number of halogens is 3. The standard InChI is InChI=1S/C8H14N2.C7H6BrI2N.Pt/c1-8(2,3)10-6-5-9(4)7-10;8-7-3-1-6(2-4-7)5-11(9)10;/h5-6H,1-4H3;1-4H,5H2;. The van der Waals surface area contributed by atoms with Gasteiger partial charge in [-0.15, -0.1) is 0 Å². The Balaban J connectivity index is 0.000000220. The summed E-state index contributed by atoms with van der Waals surface area (Å²) in [5.41, 5.74) is 1.52. The summed E-state index contributed by atoms with van der Waals surface area (Å²) < 4.78 is 8.87. The number of benzene rings is 1. The normalized spacial score (nSPS) is 11.4. The van der Waals surface area contributed by atoms with E-state index in [4.69, 9.17) is 0 Å². The first kappa shape index (κ1) is 21.1. The summed E-state index contributed by atoms with van der Waals surface area (Å²) in [6.45, 7) is 7.59. The molecule has 2 aromatic rings. The summed E-state index contributed by atoms with van der Waals surface area (Å²) in [7, 11) is 2.06. The summed E-state index contributed by atoms with van der Waals surface area (Å²) in [4.78, 5) is 0. The van der Waals surface area contributed by atoms with Crippen LogP contribution in [0.5, 0.6) is 0 Å². The van der Waals surface area contributed by atoms with E-state index in [1.165, 1.54) is 9.37 Å². The van der Waals surface area contributed by atoms with Gasteiger partial charge in [-0.2, -0.15) is 1.33 Å². The number of hydrogen-bond acceptors (Lipinski definition) is 1. The Hall–Kier alpha value is 1.02. The Labute approximate surface area is 180 Å². The molecule has 3 nitrogen and oxygen atoms in total. The third-order valence-electron chi connectivity index (χ3n) is 2.83. The molecule has 126 valence electrons. The Morgan fingerprint density at radius 1 is 1.14 bits per heavy atom. The van der Waals surface area contributed by atoms with E-state index < -0.39 is 0 Å². The molecule has 0 atom stereocenters. The second-order valence-electron chi connectivity index (χ2n) is 5.78. The Kier molecular flexibility index (Phi) is 9.08. The molecule has 1 aromatic heterocycles. The van der Waals surface area contributed by atoms with Gasteiger partial charge in [0.1, 0.15) is 0 Å². The van der Waals surface area contributed by atoms with Gasteiger partial charge in [-0.1, -0.05) is 28.1 Å². The second kappa shape index (κ2) is 9.49. The van der Waals surface area contributed by atoms with Gasteiger partial charge in [0.15, 0.2) is 0 Å². The first-order chi connectivity index (χ1) is 10.1. The molecule has 0 aliphatic rings. The number of aryl methyl sites for hydroxylation is 1. The molecule has 1 heterocycles. The van der Waals surface area contributed by atoms with Crippen LogP contribution in [0.15, 0.2) is 41.1 Å². The summed E-state index contributed by atoms with van der Waals surface area (Å²) >= 11 is 10.3. The minimum atomic E-state index is 0.193. The quantitative estimate of drug-likeness (QED) is 0.286. The fourth-order valence-electron chi connectivity index (χ4n) is 1.66. The van der Waals surface area contributed by atoms with Crippen molar-refractivity contribution in [1.29, 1.82) is 0 Å². The molecule has 0 amide bonds. The van der Waals surface area contributed by atoms with Crippen molar-refractivity contribution in [2.24, 2.45) is 7.05 Å². The van der Waals surface area contributed by atoms with Crippen molar-refractivity contribution in [1.82, 2.24) is 10.5 Å². The zero-order chi connectivity index (χ0) is 16.9. The molecule has 7 heteroatoms. The van der Waals surface area contributed by atoms with Crippen LogP contribution in [-0.2, 0) is 38.5 Å². The first-order valence-electron chi connectivity index (χ1n) is 6.64. The number of aromatic nitrogens is 2. The third-order valence-corrected chi connectivity index (χ3v) is 5.39. The van der Waals surface area contributed by atoms with Gasteiger partial charge in [-0.3, -0.25) is 0 Å². The zero-order valence-electron chi connectivity index (χ0n) is 13.0. The molecule has 0 spiro atoms. The van der Waals surface area contributed by atoms with Gasteiger partial charge in [-0.25, -0.2) is 0 Å². The fourth-order valence-corrected chi connectivity index (χ4v) is 3.81. The number of imidazole rings is 1. The van der Waals surface area contributed by atoms with Crippen LogP contribution in [0.2, 0.25) is 0 Å². The molecule has 0 aliphatic carbocycles. The predicted octanol–water partition coefficient (Wildman–Crippen LogP) is 5.61. The molecular formula is C15H20BrI2N3Pt. The molecular weight excluding hydrogens is 751 g/mol. The molecule has 1 aromatic carbocycles. The molecule has 0 unspecified atom stereocenters. The summed E-state index contributed by atoms with van der Waals surface area (Å²) in [5.74, 6) is 0. The summed E-state index contributed by atoms with van der Waals surface area (Å²) in [6.07, 6.45) is 4.19.